The second kappa shape index (κ2) is 9.37. The third-order valence-corrected chi connectivity index (χ3v) is 7.91. The first-order valence-electron chi connectivity index (χ1n) is 11.1. The molecule has 1 atom stereocenters. The highest BCUT2D eigenvalue weighted by Gasteiger charge is 2.48. The minimum absolute atomic E-state index is 0.0142. The minimum atomic E-state index is -1.01. The van der Waals surface area contributed by atoms with Gasteiger partial charge in [-0.2, -0.15) is 0 Å². The summed E-state index contributed by atoms with van der Waals surface area (Å²) < 4.78 is 6.03. The van der Waals surface area contributed by atoms with Crippen LogP contribution in [0.1, 0.15) is 28.3 Å². The van der Waals surface area contributed by atoms with Crippen molar-refractivity contribution in [2.45, 2.75) is 19.9 Å². The number of nitrogens with zero attached hydrogens (tertiary/aromatic N) is 2. The Hall–Kier alpha value is -3.59. The van der Waals surface area contributed by atoms with Gasteiger partial charge in [0, 0.05) is 5.56 Å². The number of carbonyl (C=O) groups is 2. The predicted molar refractivity (Wildman–Crippen MR) is 145 cm³/mol. The molecule has 1 saturated heterocycles. The summed E-state index contributed by atoms with van der Waals surface area (Å²) in [6, 6.07) is 11.8. The molecule has 3 aromatic carbocycles. The lowest BCUT2D eigenvalue weighted by Gasteiger charge is -2.23. The Balaban J connectivity index is 1.74. The van der Waals surface area contributed by atoms with Gasteiger partial charge in [0.05, 0.1) is 39.0 Å². The molecule has 1 aromatic heterocycles. The van der Waals surface area contributed by atoms with Crippen molar-refractivity contribution in [2.24, 2.45) is 0 Å². The van der Waals surface area contributed by atoms with E-state index in [0.717, 1.165) is 15.8 Å². The summed E-state index contributed by atoms with van der Waals surface area (Å²) in [5.74, 6) is -1.93. The molecule has 1 aliphatic heterocycles. The van der Waals surface area contributed by atoms with Crippen LogP contribution in [0.3, 0.4) is 0 Å². The summed E-state index contributed by atoms with van der Waals surface area (Å²) in [6.45, 7) is 3.96. The Morgan fingerprint density at radius 2 is 1.65 bits per heavy atom. The number of hydrogen-bond donors (Lipinski definition) is 2. The minimum Gasteiger partial charge on any atom is -0.508 e. The number of ether oxygens (including phenoxy) is 1. The van der Waals surface area contributed by atoms with Gasteiger partial charge in [-0.15, -0.1) is 0 Å². The Kier molecular flexibility index (Phi) is 6.35. The molecule has 0 radical (unpaired) electrons. The van der Waals surface area contributed by atoms with E-state index >= 15 is 0 Å². The molecule has 4 aromatic rings. The van der Waals surface area contributed by atoms with E-state index in [1.807, 2.05) is 26.0 Å². The Labute approximate surface area is 226 Å². The van der Waals surface area contributed by atoms with Crippen molar-refractivity contribution in [1.29, 1.82) is 0 Å². The first kappa shape index (κ1) is 25.1. The smallest absolute Gasteiger partial charge is 0.301 e. The van der Waals surface area contributed by atoms with Gasteiger partial charge in [-0.25, -0.2) is 4.98 Å². The van der Waals surface area contributed by atoms with E-state index < -0.39 is 23.5 Å². The number of hydrogen-bond acceptors (Lipinski definition) is 7. The number of benzene rings is 3. The quantitative estimate of drug-likeness (QED) is 0.168. The summed E-state index contributed by atoms with van der Waals surface area (Å²) >= 11 is 13.8. The molecule has 1 aliphatic rings. The maximum atomic E-state index is 13.4. The van der Waals surface area contributed by atoms with E-state index in [4.69, 9.17) is 27.9 Å². The molecule has 10 heteroatoms. The van der Waals surface area contributed by atoms with E-state index in [0.29, 0.717) is 16.2 Å². The van der Waals surface area contributed by atoms with E-state index in [1.165, 1.54) is 47.6 Å². The first-order chi connectivity index (χ1) is 17.6. The number of carbonyl (C=O) groups excluding carboxylic acids is 2. The SMILES string of the molecule is COc1c(Cl)cc(/C(O)=C2\C(=O)C(=O)N(c3nc4cc(C)c(C)cc4s3)C2c2ccc(O)cc2)cc1Cl. The van der Waals surface area contributed by atoms with Crippen LogP contribution >= 0.6 is 34.5 Å². The van der Waals surface area contributed by atoms with E-state index in [-0.39, 0.29) is 32.7 Å². The molecule has 188 valence electrons. The van der Waals surface area contributed by atoms with E-state index in [2.05, 4.69) is 4.98 Å². The van der Waals surface area contributed by atoms with Crippen LogP contribution in [-0.4, -0.2) is 34.0 Å². The monoisotopic (exact) mass is 554 g/mol. The van der Waals surface area contributed by atoms with E-state index in [1.54, 1.807) is 12.1 Å². The highest BCUT2D eigenvalue weighted by Crippen LogP contribution is 2.45. The fourth-order valence-electron chi connectivity index (χ4n) is 4.32. The fourth-order valence-corrected chi connectivity index (χ4v) is 6.03. The lowest BCUT2D eigenvalue weighted by Crippen LogP contribution is -2.29. The Morgan fingerprint density at radius 1 is 1.03 bits per heavy atom. The van der Waals surface area contributed by atoms with Crippen LogP contribution in [-0.2, 0) is 9.59 Å². The summed E-state index contributed by atoms with van der Waals surface area (Å²) in [5, 5.41) is 21.7. The average Bonchev–Trinajstić information content (AvgIpc) is 3.36. The molecular formula is C27H20Cl2N2O5S. The summed E-state index contributed by atoms with van der Waals surface area (Å²) in [4.78, 5) is 32.8. The number of fused-ring (bicyclic) bond motifs is 1. The number of halogens is 2. The number of Topliss-reactive ketones (excluding diaryl/α,β-unsaturated/α-hetero) is 1. The van der Waals surface area contributed by atoms with Gasteiger partial charge in [-0.05, 0) is 66.9 Å². The molecule has 0 bridgehead atoms. The number of aliphatic hydroxyl groups excluding tert-OH is 1. The fraction of sp³-hybridized carbons (Fsp3) is 0.148. The Bertz CT molecular complexity index is 1570. The molecule has 2 N–H and O–H groups in total. The van der Waals surface area contributed by atoms with Gasteiger partial charge in [-0.3, -0.25) is 14.5 Å². The number of methoxy groups -OCH3 is 1. The number of aromatic hydroxyl groups is 1. The lowest BCUT2D eigenvalue weighted by atomic mass is 9.95. The number of phenols is 1. The molecule has 2 heterocycles. The highest BCUT2D eigenvalue weighted by molar-refractivity contribution is 7.22. The third kappa shape index (κ3) is 4.21. The van der Waals surface area contributed by atoms with Gasteiger partial charge in [0.15, 0.2) is 10.9 Å². The predicted octanol–water partition coefficient (Wildman–Crippen LogP) is 6.56. The molecule has 1 unspecified atom stereocenters. The zero-order chi connectivity index (χ0) is 26.6. The molecule has 0 spiro atoms. The van der Waals surface area contributed by atoms with Gasteiger partial charge < -0.3 is 14.9 Å². The van der Waals surface area contributed by atoms with Crippen LogP contribution in [0, 0.1) is 13.8 Å². The number of ketones is 1. The van der Waals surface area contributed by atoms with Crippen LogP contribution < -0.4 is 9.64 Å². The summed E-state index contributed by atoms with van der Waals surface area (Å²) in [7, 11) is 1.41. The van der Waals surface area contributed by atoms with Crippen molar-refractivity contribution in [3.63, 3.8) is 0 Å². The number of thiazole rings is 1. The summed E-state index contributed by atoms with van der Waals surface area (Å²) in [6.07, 6.45) is 0. The van der Waals surface area contributed by atoms with Crippen LogP contribution in [0.2, 0.25) is 10.0 Å². The first-order valence-corrected chi connectivity index (χ1v) is 12.7. The Morgan fingerprint density at radius 3 is 2.27 bits per heavy atom. The second-order valence-corrected chi connectivity index (χ2v) is 10.5. The van der Waals surface area contributed by atoms with Crippen molar-refractivity contribution in [3.05, 3.63) is 86.4 Å². The van der Waals surface area contributed by atoms with Crippen molar-refractivity contribution in [1.82, 2.24) is 4.98 Å². The molecule has 37 heavy (non-hydrogen) atoms. The van der Waals surface area contributed by atoms with Crippen molar-refractivity contribution in [2.75, 3.05) is 12.0 Å². The zero-order valence-corrected chi connectivity index (χ0v) is 22.2. The van der Waals surface area contributed by atoms with Crippen molar-refractivity contribution < 1.29 is 24.5 Å². The summed E-state index contributed by atoms with van der Waals surface area (Å²) in [5.41, 5.74) is 3.31. The number of rotatable bonds is 4. The molecule has 0 aliphatic carbocycles. The van der Waals surface area contributed by atoms with Crippen LogP contribution in [0.25, 0.3) is 16.0 Å². The maximum absolute atomic E-state index is 13.4. The van der Waals surface area contributed by atoms with Crippen LogP contribution in [0.15, 0.2) is 54.1 Å². The second-order valence-electron chi connectivity index (χ2n) is 8.63. The van der Waals surface area contributed by atoms with Crippen molar-refractivity contribution in [3.8, 4) is 11.5 Å². The number of aryl methyl sites for hydroxylation is 2. The molecule has 1 amide bonds. The van der Waals surface area contributed by atoms with Gasteiger partial charge >= 0.3 is 5.91 Å². The van der Waals surface area contributed by atoms with Gasteiger partial charge in [0.2, 0.25) is 0 Å². The number of aromatic nitrogens is 1. The topological polar surface area (TPSA) is 100.0 Å². The number of aliphatic hydroxyl groups is 1. The molecular weight excluding hydrogens is 535 g/mol. The normalized spacial score (nSPS) is 17.1. The maximum Gasteiger partial charge on any atom is 0.301 e. The highest BCUT2D eigenvalue weighted by atomic mass is 35.5. The number of anilines is 1. The zero-order valence-electron chi connectivity index (χ0n) is 19.9. The lowest BCUT2D eigenvalue weighted by molar-refractivity contribution is -0.132. The third-order valence-electron chi connectivity index (χ3n) is 6.33. The molecule has 5 rings (SSSR count). The van der Waals surface area contributed by atoms with Gasteiger partial charge in [-0.1, -0.05) is 46.7 Å². The van der Waals surface area contributed by atoms with E-state index in [9.17, 15) is 19.8 Å². The largest absolute Gasteiger partial charge is 0.508 e. The molecule has 1 fully saturated rings. The van der Waals surface area contributed by atoms with Gasteiger partial charge in [0.25, 0.3) is 5.78 Å². The van der Waals surface area contributed by atoms with Gasteiger partial charge in [0.1, 0.15) is 11.5 Å². The average molecular weight is 555 g/mol. The number of phenolic OH excluding ortho intramolecular Hbond substituents is 1. The van der Waals surface area contributed by atoms with Crippen LogP contribution in [0.4, 0.5) is 5.13 Å². The molecule has 7 nitrogen and oxygen atoms in total. The molecule has 0 saturated carbocycles. The number of amides is 1. The van der Waals surface area contributed by atoms with Crippen LogP contribution in [0.5, 0.6) is 11.5 Å². The van der Waals surface area contributed by atoms with Crippen molar-refractivity contribution >= 4 is 67.3 Å². The standard InChI is InChI=1S/C27H20Cl2N2O5S/c1-12-8-19-20(9-13(12)2)37-27(30-19)31-22(14-4-6-16(32)7-5-14)21(24(34)26(31)35)23(33)15-10-17(28)25(36-3)18(29)11-15/h4-11,22,32-33H,1-3H3/b23-21+.